The minimum Gasteiger partial charge on any atom is -0.312 e. The van der Waals surface area contributed by atoms with Gasteiger partial charge < -0.3 is 5.32 Å². The fourth-order valence-corrected chi connectivity index (χ4v) is 2.16. The van der Waals surface area contributed by atoms with Gasteiger partial charge in [0, 0.05) is 7.05 Å². The molecule has 78 valence electrons. The van der Waals surface area contributed by atoms with Crippen molar-refractivity contribution in [2.45, 2.75) is 25.3 Å². The molecule has 0 aliphatic heterocycles. The molecule has 1 fully saturated rings. The lowest BCUT2D eigenvalue weighted by Gasteiger charge is -2.16. The lowest BCUT2D eigenvalue weighted by atomic mass is 10.1. The van der Waals surface area contributed by atoms with Gasteiger partial charge in [0.2, 0.25) is 0 Å². The second-order valence-electron chi connectivity index (χ2n) is 4.02. The first-order chi connectivity index (χ1) is 6.72. The highest BCUT2D eigenvalue weighted by Gasteiger charge is 2.27. The van der Waals surface area contributed by atoms with Crippen molar-refractivity contribution in [1.29, 1.82) is 0 Å². The standard InChI is InChI=1S/C10H16ClN3/c1-12-9(5-7-3-4-7)10-8(11)6-13-14(10)2/h6-7,9,12H,3-5H2,1-2H3. The van der Waals surface area contributed by atoms with Crippen LogP contribution in [0.5, 0.6) is 0 Å². The van der Waals surface area contributed by atoms with E-state index in [9.17, 15) is 0 Å². The summed E-state index contributed by atoms with van der Waals surface area (Å²) < 4.78 is 1.87. The molecule has 2 rings (SSSR count). The van der Waals surface area contributed by atoms with Gasteiger partial charge in [0.05, 0.1) is 23.0 Å². The van der Waals surface area contributed by atoms with Crippen LogP contribution < -0.4 is 5.32 Å². The van der Waals surface area contributed by atoms with Gasteiger partial charge >= 0.3 is 0 Å². The van der Waals surface area contributed by atoms with Gasteiger partial charge in [-0.15, -0.1) is 0 Å². The molecular weight excluding hydrogens is 198 g/mol. The van der Waals surface area contributed by atoms with Crippen LogP contribution in [0.25, 0.3) is 0 Å². The Kier molecular flexibility index (Phi) is 2.79. The van der Waals surface area contributed by atoms with E-state index >= 15 is 0 Å². The van der Waals surface area contributed by atoms with E-state index in [0.29, 0.717) is 6.04 Å². The third-order valence-electron chi connectivity index (χ3n) is 2.88. The van der Waals surface area contributed by atoms with Gasteiger partial charge in [-0.2, -0.15) is 5.10 Å². The summed E-state index contributed by atoms with van der Waals surface area (Å²) in [5, 5.41) is 8.24. The first kappa shape index (κ1) is 9.99. The van der Waals surface area contributed by atoms with Crippen LogP contribution in [0.15, 0.2) is 6.20 Å². The first-order valence-corrected chi connectivity index (χ1v) is 5.44. The van der Waals surface area contributed by atoms with Crippen LogP contribution in [0.4, 0.5) is 0 Å². The number of nitrogens with one attached hydrogen (secondary N) is 1. The molecule has 1 aliphatic rings. The Morgan fingerprint density at radius 1 is 1.71 bits per heavy atom. The molecule has 4 heteroatoms. The topological polar surface area (TPSA) is 29.9 Å². The van der Waals surface area contributed by atoms with E-state index in [-0.39, 0.29) is 0 Å². The zero-order chi connectivity index (χ0) is 10.1. The highest BCUT2D eigenvalue weighted by Crippen LogP contribution is 2.38. The van der Waals surface area contributed by atoms with Crippen LogP contribution in [0.1, 0.15) is 31.0 Å². The summed E-state index contributed by atoms with van der Waals surface area (Å²) in [6.45, 7) is 0. The molecule has 1 saturated carbocycles. The van der Waals surface area contributed by atoms with Crippen molar-refractivity contribution in [3.63, 3.8) is 0 Å². The van der Waals surface area contributed by atoms with Crippen molar-refractivity contribution < 1.29 is 0 Å². The van der Waals surface area contributed by atoms with E-state index in [1.54, 1.807) is 6.20 Å². The molecule has 0 amide bonds. The first-order valence-electron chi connectivity index (χ1n) is 5.07. The Balaban J connectivity index is 2.16. The smallest absolute Gasteiger partial charge is 0.0833 e. The van der Waals surface area contributed by atoms with Crippen molar-refractivity contribution in [2.75, 3.05) is 7.05 Å². The van der Waals surface area contributed by atoms with Crippen LogP contribution in [-0.4, -0.2) is 16.8 Å². The molecule has 1 aromatic heterocycles. The normalized spacial score (nSPS) is 18.5. The van der Waals surface area contributed by atoms with E-state index in [1.165, 1.54) is 19.3 Å². The van der Waals surface area contributed by atoms with Crippen molar-refractivity contribution in [1.82, 2.24) is 15.1 Å². The molecule has 1 aromatic rings. The molecule has 0 bridgehead atoms. The van der Waals surface area contributed by atoms with E-state index < -0.39 is 0 Å². The molecule has 0 spiro atoms. The Morgan fingerprint density at radius 3 is 2.86 bits per heavy atom. The third-order valence-corrected chi connectivity index (χ3v) is 3.17. The van der Waals surface area contributed by atoms with Crippen LogP contribution in [0.2, 0.25) is 5.02 Å². The van der Waals surface area contributed by atoms with Crippen molar-refractivity contribution >= 4 is 11.6 Å². The number of rotatable bonds is 4. The van der Waals surface area contributed by atoms with Crippen molar-refractivity contribution in [3.8, 4) is 0 Å². The number of hydrogen-bond donors (Lipinski definition) is 1. The summed E-state index contributed by atoms with van der Waals surface area (Å²) in [4.78, 5) is 0. The van der Waals surface area contributed by atoms with Gasteiger partial charge in [-0.3, -0.25) is 4.68 Å². The summed E-state index contributed by atoms with van der Waals surface area (Å²) in [6.07, 6.45) is 5.63. The molecule has 14 heavy (non-hydrogen) atoms. The lowest BCUT2D eigenvalue weighted by Crippen LogP contribution is -2.20. The van der Waals surface area contributed by atoms with Gasteiger partial charge in [0.25, 0.3) is 0 Å². The van der Waals surface area contributed by atoms with Crippen LogP contribution in [0.3, 0.4) is 0 Å². The number of nitrogens with zero attached hydrogens (tertiary/aromatic N) is 2. The van der Waals surface area contributed by atoms with Crippen LogP contribution in [0, 0.1) is 5.92 Å². The quantitative estimate of drug-likeness (QED) is 0.831. The number of halogens is 1. The average Bonchev–Trinajstić information content (AvgIpc) is 2.92. The fourth-order valence-electron chi connectivity index (χ4n) is 1.87. The third kappa shape index (κ3) is 1.93. The molecule has 0 aromatic carbocycles. The monoisotopic (exact) mass is 213 g/mol. The maximum absolute atomic E-state index is 6.10. The van der Waals surface area contributed by atoms with Gasteiger partial charge in [-0.25, -0.2) is 0 Å². The molecule has 3 nitrogen and oxygen atoms in total. The maximum atomic E-state index is 6.10. The van der Waals surface area contributed by atoms with Gasteiger partial charge in [-0.05, 0) is 19.4 Å². The number of aromatic nitrogens is 2. The summed E-state index contributed by atoms with van der Waals surface area (Å²) in [5.74, 6) is 0.887. The van der Waals surface area contributed by atoms with Crippen molar-refractivity contribution in [3.05, 3.63) is 16.9 Å². The predicted octanol–water partition coefficient (Wildman–Crippen LogP) is 2.13. The van der Waals surface area contributed by atoms with Crippen LogP contribution in [-0.2, 0) is 7.05 Å². The van der Waals surface area contributed by atoms with E-state index in [4.69, 9.17) is 11.6 Å². The minimum atomic E-state index is 0.350. The molecule has 1 aliphatic carbocycles. The SMILES string of the molecule is CNC(CC1CC1)c1c(Cl)cnn1C. The predicted molar refractivity (Wildman–Crippen MR) is 57.4 cm³/mol. The second-order valence-corrected chi connectivity index (χ2v) is 4.43. The lowest BCUT2D eigenvalue weighted by molar-refractivity contribution is 0.480. The van der Waals surface area contributed by atoms with Gasteiger partial charge in [0.15, 0.2) is 0 Å². The highest BCUT2D eigenvalue weighted by molar-refractivity contribution is 6.31. The van der Waals surface area contributed by atoms with Gasteiger partial charge in [0.1, 0.15) is 0 Å². The molecule has 1 N–H and O–H groups in total. The minimum absolute atomic E-state index is 0.350. The summed E-state index contributed by atoms with van der Waals surface area (Å²) in [6, 6.07) is 0.350. The molecule has 1 atom stereocenters. The number of hydrogen-bond acceptors (Lipinski definition) is 2. The average molecular weight is 214 g/mol. The Hall–Kier alpha value is -0.540. The fraction of sp³-hybridized carbons (Fsp3) is 0.700. The van der Waals surface area contributed by atoms with E-state index in [0.717, 1.165) is 16.6 Å². The maximum Gasteiger partial charge on any atom is 0.0833 e. The van der Waals surface area contributed by atoms with E-state index in [2.05, 4.69) is 10.4 Å². The highest BCUT2D eigenvalue weighted by atomic mass is 35.5. The molecular formula is C10H16ClN3. The summed E-state index contributed by atoms with van der Waals surface area (Å²) in [7, 11) is 3.93. The summed E-state index contributed by atoms with van der Waals surface area (Å²) >= 11 is 6.10. The Labute approximate surface area is 89.4 Å². The molecule has 0 saturated heterocycles. The Bertz CT molecular complexity index is 298. The summed E-state index contributed by atoms with van der Waals surface area (Å²) in [5.41, 5.74) is 1.11. The van der Waals surface area contributed by atoms with Gasteiger partial charge in [-0.1, -0.05) is 24.4 Å². The number of aryl methyl sites for hydroxylation is 1. The van der Waals surface area contributed by atoms with E-state index in [1.807, 2.05) is 18.8 Å². The largest absolute Gasteiger partial charge is 0.312 e. The van der Waals surface area contributed by atoms with Crippen molar-refractivity contribution in [2.24, 2.45) is 13.0 Å². The zero-order valence-electron chi connectivity index (χ0n) is 8.63. The molecule has 0 radical (unpaired) electrons. The molecule has 1 heterocycles. The second kappa shape index (κ2) is 3.91. The zero-order valence-corrected chi connectivity index (χ0v) is 9.38. The molecule has 1 unspecified atom stereocenters. The van der Waals surface area contributed by atoms with Crippen LogP contribution >= 0.6 is 11.6 Å². The Morgan fingerprint density at radius 2 is 2.43 bits per heavy atom.